The van der Waals surface area contributed by atoms with Gasteiger partial charge in [-0.25, -0.2) is 0 Å². The van der Waals surface area contributed by atoms with Crippen LogP contribution in [0.15, 0.2) is 36.4 Å². The van der Waals surface area contributed by atoms with Crippen LogP contribution < -0.4 is 15.0 Å². The van der Waals surface area contributed by atoms with E-state index >= 15 is 0 Å². The third-order valence-corrected chi connectivity index (χ3v) is 6.33. The molecule has 1 N–H and O–H groups in total. The van der Waals surface area contributed by atoms with Gasteiger partial charge in [0.25, 0.3) is 5.91 Å². The third-order valence-electron chi connectivity index (χ3n) is 6.33. The van der Waals surface area contributed by atoms with Gasteiger partial charge in [-0.1, -0.05) is 32.9 Å². The van der Waals surface area contributed by atoms with Crippen LogP contribution in [0, 0.1) is 12.8 Å². The van der Waals surface area contributed by atoms with E-state index in [2.05, 4.69) is 55.3 Å². The van der Waals surface area contributed by atoms with Gasteiger partial charge >= 0.3 is 0 Å². The maximum atomic E-state index is 13.0. The smallest absolute Gasteiger partial charge is 0.252 e. The summed E-state index contributed by atoms with van der Waals surface area (Å²) in [6.45, 7) is 12.8. The average Bonchev–Trinajstić information content (AvgIpc) is 2.73. The van der Waals surface area contributed by atoms with E-state index in [1.165, 1.54) is 18.5 Å². The summed E-state index contributed by atoms with van der Waals surface area (Å²) in [6.07, 6.45) is 2.52. The molecule has 0 spiro atoms. The third kappa shape index (κ3) is 4.97. The van der Waals surface area contributed by atoms with E-state index in [1.807, 2.05) is 26.0 Å². The maximum Gasteiger partial charge on any atom is 0.252 e. The quantitative estimate of drug-likeness (QED) is 0.651. The minimum absolute atomic E-state index is 0.0429. The van der Waals surface area contributed by atoms with Gasteiger partial charge in [0, 0.05) is 24.3 Å². The molecule has 0 bridgehead atoms. The van der Waals surface area contributed by atoms with E-state index in [4.69, 9.17) is 4.74 Å². The molecule has 1 aliphatic rings. The van der Waals surface area contributed by atoms with Gasteiger partial charge in [0.1, 0.15) is 5.75 Å². The standard InChI is InChI=1S/C26H36N2O2/c1-17(2)23-16-24(19(4)15-25(23)30-6)26(29)27-20(5)21-7-9-22(10-8-21)28-13-11-18(3)12-14-28/h7-10,15-18,20H,11-14H2,1-6H3,(H,27,29)/t20-/m1/s1. The Labute approximate surface area is 181 Å². The second-order valence-electron chi connectivity index (χ2n) is 9.02. The molecule has 1 saturated heterocycles. The Bertz CT molecular complexity index is 865. The highest BCUT2D eigenvalue weighted by molar-refractivity contribution is 5.96. The summed E-state index contributed by atoms with van der Waals surface area (Å²) in [5.74, 6) is 1.91. The molecule has 2 aromatic carbocycles. The Morgan fingerprint density at radius 1 is 1.10 bits per heavy atom. The minimum Gasteiger partial charge on any atom is -0.496 e. The number of aryl methyl sites for hydroxylation is 1. The van der Waals surface area contributed by atoms with Gasteiger partial charge in [0.05, 0.1) is 13.2 Å². The Morgan fingerprint density at radius 3 is 2.30 bits per heavy atom. The van der Waals surface area contributed by atoms with E-state index in [-0.39, 0.29) is 17.9 Å². The largest absolute Gasteiger partial charge is 0.496 e. The lowest BCUT2D eigenvalue weighted by Gasteiger charge is -2.32. The Morgan fingerprint density at radius 2 is 1.73 bits per heavy atom. The van der Waals surface area contributed by atoms with Crippen molar-refractivity contribution in [2.45, 2.75) is 59.4 Å². The zero-order chi connectivity index (χ0) is 21.8. The van der Waals surface area contributed by atoms with E-state index in [0.29, 0.717) is 5.56 Å². The highest BCUT2D eigenvalue weighted by atomic mass is 16.5. The summed E-state index contributed by atoms with van der Waals surface area (Å²) in [5.41, 5.74) is 5.09. The fraction of sp³-hybridized carbons (Fsp3) is 0.500. The predicted molar refractivity (Wildman–Crippen MR) is 125 cm³/mol. The van der Waals surface area contributed by atoms with Crippen LogP contribution >= 0.6 is 0 Å². The van der Waals surface area contributed by atoms with Crippen molar-refractivity contribution in [3.8, 4) is 5.75 Å². The second kappa shape index (κ2) is 9.55. The average molecular weight is 409 g/mol. The van der Waals surface area contributed by atoms with Gasteiger partial charge in [-0.3, -0.25) is 4.79 Å². The van der Waals surface area contributed by atoms with Crippen molar-refractivity contribution in [3.63, 3.8) is 0 Å². The summed E-state index contributed by atoms with van der Waals surface area (Å²) in [7, 11) is 1.68. The molecule has 1 fully saturated rings. The normalized spacial score (nSPS) is 15.9. The van der Waals surface area contributed by atoms with Crippen LogP contribution in [0.4, 0.5) is 5.69 Å². The zero-order valence-electron chi connectivity index (χ0n) is 19.3. The Hall–Kier alpha value is -2.49. The first-order valence-electron chi connectivity index (χ1n) is 11.1. The number of rotatable bonds is 6. The van der Waals surface area contributed by atoms with Gasteiger partial charge < -0.3 is 15.0 Å². The number of hydrogen-bond donors (Lipinski definition) is 1. The first-order valence-corrected chi connectivity index (χ1v) is 11.1. The fourth-order valence-corrected chi connectivity index (χ4v) is 4.17. The summed E-state index contributed by atoms with van der Waals surface area (Å²) < 4.78 is 5.50. The number of methoxy groups -OCH3 is 1. The predicted octanol–water partition coefficient (Wildman–Crippen LogP) is 5.85. The molecular formula is C26H36N2O2. The van der Waals surface area contributed by atoms with Crippen molar-refractivity contribution in [2.75, 3.05) is 25.1 Å². The number of anilines is 1. The molecule has 4 nitrogen and oxygen atoms in total. The number of carbonyl (C=O) groups excluding carboxylic acids is 1. The molecule has 0 unspecified atom stereocenters. The van der Waals surface area contributed by atoms with Crippen LogP contribution in [-0.2, 0) is 0 Å². The summed E-state index contributed by atoms with van der Waals surface area (Å²) in [4.78, 5) is 15.5. The molecule has 2 aromatic rings. The van der Waals surface area contributed by atoms with Crippen molar-refractivity contribution >= 4 is 11.6 Å². The van der Waals surface area contributed by atoms with Crippen LogP contribution in [0.1, 0.15) is 79.5 Å². The van der Waals surface area contributed by atoms with E-state index in [1.54, 1.807) is 7.11 Å². The molecule has 1 heterocycles. The summed E-state index contributed by atoms with van der Waals surface area (Å²) >= 11 is 0. The summed E-state index contributed by atoms with van der Waals surface area (Å²) in [6, 6.07) is 12.5. The van der Waals surface area contributed by atoms with Crippen molar-refractivity contribution < 1.29 is 9.53 Å². The first kappa shape index (κ1) is 22.2. The Kier molecular flexibility index (Phi) is 7.06. The molecular weight excluding hydrogens is 372 g/mol. The number of piperidine rings is 1. The zero-order valence-corrected chi connectivity index (χ0v) is 19.3. The van der Waals surface area contributed by atoms with Gasteiger partial charge in [0.2, 0.25) is 0 Å². The van der Waals surface area contributed by atoms with E-state index < -0.39 is 0 Å². The van der Waals surface area contributed by atoms with Gasteiger partial charge in [-0.05, 0) is 79.5 Å². The molecule has 0 radical (unpaired) electrons. The monoisotopic (exact) mass is 408 g/mol. The molecule has 0 saturated carbocycles. The number of hydrogen-bond acceptors (Lipinski definition) is 3. The highest BCUT2D eigenvalue weighted by Gasteiger charge is 2.19. The number of ether oxygens (including phenoxy) is 1. The number of amides is 1. The highest BCUT2D eigenvalue weighted by Crippen LogP contribution is 2.30. The van der Waals surface area contributed by atoms with Crippen LogP contribution in [0.2, 0.25) is 0 Å². The molecule has 30 heavy (non-hydrogen) atoms. The topological polar surface area (TPSA) is 41.6 Å². The number of nitrogens with zero attached hydrogens (tertiary/aromatic N) is 1. The minimum atomic E-state index is -0.0584. The number of carbonyl (C=O) groups is 1. The molecule has 1 atom stereocenters. The Balaban J connectivity index is 1.70. The SMILES string of the molecule is COc1cc(C)c(C(=O)N[C@H](C)c2ccc(N3CCC(C)CC3)cc2)cc1C(C)C. The number of nitrogens with one attached hydrogen (secondary N) is 1. The molecule has 162 valence electrons. The molecule has 1 amide bonds. The lowest BCUT2D eigenvalue weighted by atomic mass is 9.95. The summed E-state index contributed by atoms with van der Waals surface area (Å²) in [5, 5.41) is 3.17. The van der Waals surface area contributed by atoms with Crippen LogP contribution in [-0.4, -0.2) is 26.1 Å². The molecule has 0 aromatic heterocycles. The van der Waals surface area contributed by atoms with Crippen molar-refractivity contribution in [3.05, 3.63) is 58.7 Å². The maximum absolute atomic E-state index is 13.0. The molecule has 1 aliphatic heterocycles. The molecule has 4 heteroatoms. The van der Waals surface area contributed by atoms with Crippen molar-refractivity contribution in [1.29, 1.82) is 0 Å². The van der Waals surface area contributed by atoms with Crippen molar-refractivity contribution in [1.82, 2.24) is 5.32 Å². The number of benzene rings is 2. The molecule has 0 aliphatic carbocycles. The van der Waals surface area contributed by atoms with E-state index in [9.17, 15) is 4.79 Å². The lowest BCUT2D eigenvalue weighted by molar-refractivity contribution is 0.0939. The van der Waals surface area contributed by atoms with Crippen LogP contribution in [0.25, 0.3) is 0 Å². The fourth-order valence-electron chi connectivity index (χ4n) is 4.17. The van der Waals surface area contributed by atoms with Crippen LogP contribution in [0.3, 0.4) is 0 Å². The van der Waals surface area contributed by atoms with Crippen LogP contribution in [0.5, 0.6) is 5.75 Å². The van der Waals surface area contributed by atoms with Gasteiger partial charge in [-0.2, -0.15) is 0 Å². The molecule has 3 rings (SSSR count). The first-order chi connectivity index (χ1) is 14.3. The lowest BCUT2D eigenvalue weighted by Crippen LogP contribution is -2.32. The van der Waals surface area contributed by atoms with Crippen molar-refractivity contribution in [2.24, 2.45) is 5.92 Å². The van der Waals surface area contributed by atoms with Gasteiger partial charge in [0.15, 0.2) is 0 Å². The van der Waals surface area contributed by atoms with Gasteiger partial charge in [-0.15, -0.1) is 0 Å². The second-order valence-corrected chi connectivity index (χ2v) is 9.02. The van der Waals surface area contributed by atoms with E-state index in [0.717, 1.165) is 41.4 Å².